The van der Waals surface area contributed by atoms with Crippen LogP contribution in [0.3, 0.4) is 0 Å². The fourth-order valence-electron chi connectivity index (χ4n) is 4.17. The maximum atomic E-state index is 10.9. The quantitative estimate of drug-likeness (QED) is 0.375. The van der Waals surface area contributed by atoms with Gasteiger partial charge in [-0.25, -0.2) is 0 Å². The van der Waals surface area contributed by atoms with Crippen molar-refractivity contribution in [1.29, 1.82) is 5.41 Å². The van der Waals surface area contributed by atoms with Gasteiger partial charge in [-0.3, -0.25) is 0 Å². The molecule has 3 heterocycles. The number of ether oxygens (including phenoxy) is 1. The summed E-state index contributed by atoms with van der Waals surface area (Å²) in [6.07, 6.45) is 3.01. The van der Waals surface area contributed by atoms with Crippen LogP contribution in [0.1, 0.15) is 53.2 Å². The number of hydrogen-bond acceptors (Lipinski definition) is 8. The summed E-state index contributed by atoms with van der Waals surface area (Å²) >= 11 is 0. The Morgan fingerprint density at radius 1 is 1.32 bits per heavy atom. The predicted octanol–water partition coefficient (Wildman–Crippen LogP) is 1.45. The third-order valence-corrected chi connectivity index (χ3v) is 10.8. The standard InChI is InChI=1S/C20H36N5O5P/c1-6-15-13(3)31(15,28)30-20(4,7-2)8-9-29-19(14(27)10-26)25-12-22-16-17(21)24(5)11-23-18(16)25/h11-15,19,21,26-28,31H,6-10H2,1-5H3/t13?,14-,15?,19?,20?/m1/s1. The molecule has 0 spiro atoms. The van der Waals surface area contributed by atoms with Crippen LogP contribution in [0.5, 0.6) is 0 Å². The fraction of sp³-hybridized carbons (Fsp3) is 0.750. The molecule has 1 aliphatic rings. The second kappa shape index (κ2) is 9.21. The molecule has 11 heteroatoms. The summed E-state index contributed by atoms with van der Waals surface area (Å²) in [5.74, 6) is 0. The molecule has 0 amide bonds. The minimum absolute atomic E-state index is 0.190. The first kappa shape index (κ1) is 24.2. The SMILES string of the molecule is CCC1C(C)[PH]1(O)OC(C)(CC)CCOC([C@H](O)CO)n1cnc2c(=N)n(C)cnc21. The van der Waals surface area contributed by atoms with Crippen LogP contribution >= 0.6 is 7.72 Å². The Morgan fingerprint density at radius 2 is 2.03 bits per heavy atom. The van der Waals surface area contributed by atoms with E-state index in [1.54, 1.807) is 11.6 Å². The van der Waals surface area contributed by atoms with E-state index in [2.05, 4.69) is 23.8 Å². The zero-order valence-corrected chi connectivity index (χ0v) is 19.9. The number of rotatable bonds is 11. The summed E-state index contributed by atoms with van der Waals surface area (Å²) in [4.78, 5) is 19.5. The molecular weight excluding hydrogens is 421 g/mol. The molecule has 0 bridgehead atoms. The van der Waals surface area contributed by atoms with Crippen LogP contribution < -0.4 is 5.49 Å². The van der Waals surface area contributed by atoms with Crippen LogP contribution in [-0.2, 0) is 16.3 Å². The molecule has 0 saturated carbocycles. The zero-order valence-electron chi connectivity index (χ0n) is 18.9. The average molecular weight is 458 g/mol. The molecule has 0 radical (unpaired) electrons. The molecule has 2 aromatic heterocycles. The molecule has 4 unspecified atom stereocenters. The number of nitrogens with zero attached hydrogens (tertiary/aromatic N) is 4. The fourth-order valence-corrected chi connectivity index (χ4v) is 7.99. The topological polar surface area (TPSA) is 139 Å². The van der Waals surface area contributed by atoms with Gasteiger partial charge in [0, 0.05) is 0 Å². The van der Waals surface area contributed by atoms with Gasteiger partial charge >= 0.3 is 182 Å². The second-order valence-electron chi connectivity index (χ2n) is 8.75. The third kappa shape index (κ3) is 4.55. The van der Waals surface area contributed by atoms with E-state index in [1.165, 1.54) is 17.2 Å². The van der Waals surface area contributed by atoms with Crippen molar-refractivity contribution in [2.45, 2.75) is 76.2 Å². The van der Waals surface area contributed by atoms with Gasteiger partial charge in [-0.1, -0.05) is 0 Å². The molecule has 3 rings (SSSR count). The van der Waals surface area contributed by atoms with Crippen LogP contribution in [0, 0.1) is 5.41 Å². The number of aliphatic hydroxyl groups excluding tert-OH is 2. The van der Waals surface area contributed by atoms with Crippen molar-refractivity contribution in [2.24, 2.45) is 7.05 Å². The van der Waals surface area contributed by atoms with Crippen molar-refractivity contribution in [3.8, 4) is 0 Å². The number of aromatic nitrogens is 4. The van der Waals surface area contributed by atoms with Crippen molar-refractivity contribution in [1.82, 2.24) is 19.1 Å². The number of nitrogens with one attached hydrogen (secondary N) is 1. The van der Waals surface area contributed by atoms with Crippen molar-refractivity contribution in [3.63, 3.8) is 0 Å². The number of hydrogen-bond donors (Lipinski definition) is 4. The molecule has 1 fully saturated rings. The molecule has 0 aromatic carbocycles. The Balaban J connectivity index is 1.74. The normalized spacial score (nSPS) is 25.2. The van der Waals surface area contributed by atoms with Gasteiger partial charge in [0.2, 0.25) is 0 Å². The molecule has 10 nitrogen and oxygen atoms in total. The van der Waals surface area contributed by atoms with E-state index in [9.17, 15) is 15.1 Å². The van der Waals surface area contributed by atoms with Crippen LogP contribution in [0.25, 0.3) is 11.2 Å². The molecular formula is C20H36N5O5P. The van der Waals surface area contributed by atoms with Crippen LogP contribution in [0.4, 0.5) is 0 Å². The van der Waals surface area contributed by atoms with Crippen molar-refractivity contribution >= 4 is 18.9 Å². The van der Waals surface area contributed by atoms with E-state index in [1.807, 2.05) is 13.8 Å². The zero-order chi connectivity index (χ0) is 23.0. The molecule has 1 aliphatic heterocycles. The minimum atomic E-state index is -2.70. The van der Waals surface area contributed by atoms with Gasteiger partial charge in [0.05, 0.1) is 0 Å². The molecule has 176 valence electrons. The van der Waals surface area contributed by atoms with E-state index in [-0.39, 0.29) is 23.4 Å². The third-order valence-electron chi connectivity index (χ3n) is 6.68. The first-order chi connectivity index (χ1) is 14.6. The van der Waals surface area contributed by atoms with Gasteiger partial charge in [-0.2, -0.15) is 0 Å². The number of aliphatic hydroxyl groups is 2. The van der Waals surface area contributed by atoms with Crippen LogP contribution in [0.2, 0.25) is 0 Å². The summed E-state index contributed by atoms with van der Waals surface area (Å²) in [5, 5.41) is 28.1. The molecule has 1 saturated heterocycles. The Kier molecular flexibility index (Phi) is 7.20. The van der Waals surface area contributed by atoms with E-state index in [0.717, 1.165) is 12.8 Å². The Bertz CT molecular complexity index is 967. The Morgan fingerprint density at radius 3 is 2.61 bits per heavy atom. The molecule has 2 aromatic rings. The Labute approximate surface area is 182 Å². The molecule has 4 N–H and O–H groups in total. The monoisotopic (exact) mass is 457 g/mol. The van der Waals surface area contributed by atoms with Gasteiger partial charge in [0.25, 0.3) is 0 Å². The second-order valence-corrected chi connectivity index (χ2v) is 12.1. The van der Waals surface area contributed by atoms with Gasteiger partial charge < -0.3 is 0 Å². The van der Waals surface area contributed by atoms with Gasteiger partial charge in [0.15, 0.2) is 0 Å². The predicted molar refractivity (Wildman–Crippen MR) is 119 cm³/mol. The van der Waals surface area contributed by atoms with Crippen LogP contribution in [0.15, 0.2) is 12.7 Å². The summed E-state index contributed by atoms with van der Waals surface area (Å²) in [6.45, 7) is 7.89. The average Bonchev–Trinajstić information content (AvgIpc) is 3.05. The first-order valence-corrected chi connectivity index (χ1v) is 12.9. The maximum absolute atomic E-state index is 10.9. The van der Waals surface area contributed by atoms with Crippen LogP contribution in [-0.4, -0.2) is 70.4 Å². The molecule has 5 atom stereocenters. The number of aryl methyl sites for hydroxylation is 1. The van der Waals surface area contributed by atoms with E-state index >= 15 is 0 Å². The summed E-state index contributed by atoms with van der Waals surface area (Å²) in [7, 11) is -0.991. The summed E-state index contributed by atoms with van der Waals surface area (Å²) in [6, 6.07) is 0. The van der Waals surface area contributed by atoms with Crippen molar-refractivity contribution in [3.05, 3.63) is 18.1 Å². The number of fused-ring (bicyclic) bond motifs is 1. The van der Waals surface area contributed by atoms with Gasteiger partial charge in [-0.15, -0.1) is 0 Å². The van der Waals surface area contributed by atoms with Crippen molar-refractivity contribution < 1.29 is 24.4 Å². The van der Waals surface area contributed by atoms with Gasteiger partial charge in [0.1, 0.15) is 0 Å². The molecule has 31 heavy (non-hydrogen) atoms. The first-order valence-electron chi connectivity index (χ1n) is 10.9. The van der Waals surface area contributed by atoms with E-state index in [4.69, 9.17) is 14.7 Å². The van der Waals surface area contributed by atoms with E-state index in [0.29, 0.717) is 17.6 Å². The van der Waals surface area contributed by atoms with E-state index < -0.39 is 32.3 Å². The number of imidazole rings is 1. The van der Waals surface area contributed by atoms with Gasteiger partial charge in [-0.05, 0) is 0 Å². The Hall–Kier alpha value is -1.42. The summed E-state index contributed by atoms with van der Waals surface area (Å²) < 4.78 is 15.4. The molecule has 0 aliphatic carbocycles. The van der Waals surface area contributed by atoms with Crippen molar-refractivity contribution in [2.75, 3.05) is 13.2 Å². The summed E-state index contributed by atoms with van der Waals surface area (Å²) in [5.41, 5.74) is 0.936.